The first-order valence-corrected chi connectivity index (χ1v) is 11.0. The number of thioether (sulfide) groups is 2. The molecule has 0 aliphatic carbocycles. The highest BCUT2D eigenvalue weighted by atomic mass is 32.2. The molecule has 2 aromatic carbocycles. The van der Waals surface area contributed by atoms with Crippen molar-refractivity contribution in [2.75, 3.05) is 25.2 Å². The van der Waals surface area contributed by atoms with Crippen LogP contribution in [0.1, 0.15) is 32.5 Å². The minimum absolute atomic E-state index is 0.124. The zero-order valence-electron chi connectivity index (χ0n) is 15.6. The van der Waals surface area contributed by atoms with Gasteiger partial charge < -0.3 is 14.2 Å². The van der Waals surface area contributed by atoms with Crippen molar-refractivity contribution < 1.29 is 23.8 Å². The minimum Gasteiger partial charge on any atom is -0.482 e. The fourth-order valence-corrected chi connectivity index (χ4v) is 5.50. The molecule has 0 amide bonds. The van der Waals surface area contributed by atoms with E-state index in [9.17, 15) is 9.59 Å². The molecule has 3 rings (SSSR count). The van der Waals surface area contributed by atoms with Gasteiger partial charge in [-0.3, -0.25) is 0 Å². The fourth-order valence-electron chi connectivity index (χ4n) is 2.60. The summed E-state index contributed by atoms with van der Waals surface area (Å²) in [5.41, 5.74) is 2.52. The largest absolute Gasteiger partial charge is 0.482 e. The summed E-state index contributed by atoms with van der Waals surface area (Å²) in [6.45, 7) is -0.0226. The Morgan fingerprint density at radius 1 is 1.00 bits per heavy atom. The first-order valence-electron chi connectivity index (χ1n) is 8.94. The van der Waals surface area contributed by atoms with Crippen molar-refractivity contribution in [1.82, 2.24) is 0 Å². The maximum atomic E-state index is 11.9. The third-order valence-electron chi connectivity index (χ3n) is 4.11. The van der Waals surface area contributed by atoms with Crippen molar-refractivity contribution in [2.24, 2.45) is 0 Å². The van der Waals surface area contributed by atoms with Gasteiger partial charge in [-0.05, 0) is 53.3 Å². The van der Waals surface area contributed by atoms with Crippen LogP contribution in [-0.4, -0.2) is 37.2 Å². The summed E-state index contributed by atoms with van der Waals surface area (Å²) >= 11 is 3.94. The molecule has 0 radical (unpaired) electrons. The van der Waals surface area contributed by atoms with Gasteiger partial charge in [0.1, 0.15) is 12.4 Å². The molecule has 148 valence electrons. The second kappa shape index (κ2) is 10.4. The predicted octanol–water partition coefficient (Wildman–Crippen LogP) is 4.46. The number of esters is 2. The average molecular weight is 419 g/mol. The van der Waals surface area contributed by atoms with Gasteiger partial charge in [-0.1, -0.05) is 24.3 Å². The van der Waals surface area contributed by atoms with Gasteiger partial charge in [-0.25, -0.2) is 9.59 Å². The van der Waals surface area contributed by atoms with E-state index in [0.29, 0.717) is 15.9 Å². The second-order valence-corrected chi connectivity index (χ2v) is 8.86. The van der Waals surface area contributed by atoms with Gasteiger partial charge in [0.15, 0.2) is 6.61 Å². The van der Waals surface area contributed by atoms with Crippen molar-refractivity contribution in [3.63, 3.8) is 0 Å². The number of benzene rings is 2. The van der Waals surface area contributed by atoms with Gasteiger partial charge in [0.05, 0.1) is 17.3 Å². The molecule has 1 aliphatic heterocycles. The molecule has 0 aromatic heterocycles. The monoisotopic (exact) mass is 418 g/mol. The number of carbonyl (C=O) groups is 2. The fraction of sp³-hybridized carbons (Fsp3) is 0.333. The maximum absolute atomic E-state index is 11.9. The summed E-state index contributed by atoms with van der Waals surface area (Å²) in [5, 5.41) is 0. The summed E-state index contributed by atoms with van der Waals surface area (Å²) in [6.07, 6.45) is 1.27. The zero-order valence-corrected chi connectivity index (χ0v) is 17.2. The van der Waals surface area contributed by atoms with Gasteiger partial charge in [0.2, 0.25) is 0 Å². The quantitative estimate of drug-likeness (QED) is 0.615. The predicted molar refractivity (Wildman–Crippen MR) is 112 cm³/mol. The molecule has 7 heteroatoms. The SMILES string of the molecule is COC(=O)c1ccc(COC(=O)COc2ccc(C3SCCCS3)cc2)cc1. The van der Waals surface area contributed by atoms with E-state index in [4.69, 9.17) is 9.47 Å². The molecule has 5 nitrogen and oxygen atoms in total. The summed E-state index contributed by atoms with van der Waals surface area (Å²) in [6, 6.07) is 14.6. The molecule has 2 aromatic rings. The standard InChI is InChI=1S/C21H22O5S2/c1-24-20(23)16-5-3-15(4-6-16)13-26-19(22)14-25-18-9-7-17(8-10-18)21-27-11-2-12-28-21/h3-10,21H,2,11-14H2,1H3. The smallest absolute Gasteiger partial charge is 0.344 e. The third kappa shape index (κ3) is 5.94. The lowest BCUT2D eigenvalue weighted by Crippen LogP contribution is -2.14. The molecule has 0 unspecified atom stereocenters. The molecule has 0 atom stereocenters. The molecule has 1 heterocycles. The van der Waals surface area contributed by atoms with Crippen molar-refractivity contribution >= 4 is 35.5 Å². The Bertz CT molecular complexity index is 783. The van der Waals surface area contributed by atoms with E-state index >= 15 is 0 Å². The van der Waals surface area contributed by atoms with Crippen LogP contribution in [0.4, 0.5) is 0 Å². The van der Waals surface area contributed by atoms with Crippen LogP contribution in [-0.2, 0) is 20.9 Å². The lowest BCUT2D eigenvalue weighted by Gasteiger charge is -2.21. The topological polar surface area (TPSA) is 61.8 Å². The lowest BCUT2D eigenvalue weighted by atomic mass is 10.1. The van der Waals surface area contributed by atoms with Crippen molar-refractivity contribution in [1.29, 1.82) is 0 Å². The molecule has 1 aliphatic rings. The Balaban J connectivity index is 1.42. The average Bonchev–Trinajstić information content (AvgIpc) is 2.77. The van der Waals surface area contributed by atoms with E-state index < -0.39 is 11.9 Å². The normalized spacial score (nSPS) is 14.3. The Morgan fingerprint density at radius 3 is 2.32 bits per heavy atom. The van der Waals surface area contributed by atoms with Crippen molar-refractivity contribution in [2.45, 2.75) is 17.6 Å². The molecule has 1 saturated heterocycles. The maximum Gasteiger partial charge on any atom is 0.344 e. The summed E-state index contributed by atoms with van der Waals surface area (Å²) in [7, 11) is 1.33. The van der Waals surface area contributed by atoms with E-state index in [1.54, 1.807) is 24.3 Å². The Morgan fingerprint density at radius 2 is 1.68 bits per heavy atom. The van der Waals surface area contributed by atoms with Crippen LogP contribution in [0.5, 0.6) is 5.75 Å². The first kappa shape index (κ1) is 20.6. The van der Waals surface area contributed by atoms with E-state index in [2.05, 4.69) is 16.9 Å². The van der Waals surface area contributed by atoms with E-state index in [-0.39, 0.29) is 13.2 Å². The van der Waals surface area contributed by atoms with Crippen LogP contribution in [0.15, 0.2) is 48.5 Å². The van der Waals surface area contributed by atoms with Crippen LogP contribution < -0.4 is 4.74 Å². The number of ether oxygens (including phenoxy) is 3. The van der Waals surface area contributed by atoms with Crippen LogP contribution in [0.3, 0.4) is 0 Å². The first-order chi connectivity index (χ1) is 13.7. The summed E-state index contributed by atoms with van der Waals surface area (Å²) in [4.78, 5) is 23.3. The van der Waals surface area contributed by atoms with Crippen LogP contribution in [0, 0.1) is 0 Å². The van der Waals surface area contributed by atoms with E-state index in [1.807, 2.05) is 35.7 Å². The van der Waals surface area contributed by atoms with E-state index in [1.165, 1.54) is 30.6 Å². The Labute approximate surface area is 173 Å². The van der Waals surface area contributed by atoms with Crippen LogP contribution in [0.25, 0.3) is 0 Å². The molecule has 1 fully saturated rings. The molecule has 0 bridgehead atoms. The van der Waals surface area contributed by atoms with Gasteiger partial charge in [0, 0.05) is 0 Å². The highest BCUT2D eigenvalue weighted by Gasteiger charge is 2.16. The Hall–Kier alpha value is -2.12. The molecule has 0 saturated carbocycles. The highest BCUT2D eigenvalue weighted by molar-refractivity contribution is 8.16. The lowest BCUT2D eigenvalue weighted by molar-refractivity contribution is -0.147. The van der Waals surface area contributed by atoms with Crippen LogP contribution >= 0.6 is 23.5 Å². The number of carbonyl (C=O) groups excluding carboxylic acids is 2. The Kier molecular flexibility index (Phi) is 7.68. The molecule has 28 heavy (non-hydrogen) atoms. The molecular formula is C21H22O5S2. The number of rotatable bonds is 7. The number of methoxy groups -OCH3 is 1. The van der Waals surface area contributed by atoms with Gasteiger partial charge in [0.25, 0.3) is 0 Å². The number of hydrogen-bond donors (Lipinski definition) is 0. The van der Waals surface area contributed by atoms with Crippen LogP contribution in [0.2, 0.25) is 0 Å². The molecule has 0 N–H and O–H groups in total. The third-order valence-corrected chi connectivity index (χ3v) is 7.13. The summed E-state index contributed by atoms with van der Waals surface area (Å²) < 4.78 is 15.9. The number of hydrogen-bond acceptors (Lipinski definition) is 7. The highest BCUT2D eigenvalue weighted by Crippen LogP contribution is 2.43. The van der Waals surface area contributed by atoms with Gasteiger partial charge in [-0.2, -0.15) is 0 Å². The van der Waals surface area contributed by atoms with Gasteiger partial charge >= 0.3 is 11.9 Å². The van der Waals surface area contributed by atoms with E-state index in [0.717, 1.165) is 5.56 Å². The summed E-state index contributed by atoms with van der Waals surface area (Å²) in [5.74, 6) is 2.21. The minimum atomic E-state index is -0.445. The van der Waals surface area contributed by atoms with Crippen molar-refractivity contribution in [3.05, 3.63) is 65.2 Å². The second-order valence-electron chi connectivity index (χ2n) is 6.13. The zero-order chi connectivity index (χ0) is 19.8. The molecular weight excluding hydrogens is 396 g/mol. The van der Waals surface area contributed by atoms with Gasteiger partial charge in [-0.15, -0.1) is 23.5 Å². The van der Waals surface area contributed by atoms with Crippen molar-refractivity contribution in [3.8, 4) is 5.75 Å². The molecule has 0 spiro atoms.